The summed E-state index contributed by atoms with van der Waals surface area (Å²) in [5.74, 6) is 0. The van der Waals surface area contributed by atoms with Gasteiger partial charge in [0, 0.05) is 0 Å². The quantitative estimate of drug-likeness (QED) is 0.273. The highest BCUT2D eigenvalue weighted by atomic mass is 16.4. The van der Waals surface area contributed by atoms with Crippen molar-refractivity contribution in [2.24, 2.45) is 0 Å². The second-order valence-corrected chi connectivity index (χ2v) is 3.94. The van der Waals surface area contributed by atoms with Crippen LogP contribution in [0.1, 0.15) is 26.7 Å². The highest BCUT2D eigenvalue weighted by Crippen LogP contribution is 2.02. The van der Waals surface area contributed by atoms with E-state index in [1.54, 1.807) is 13.8 Å². The molecule has 5 atom stereocenters. The van der Waals surface area contributed by atoms with E-state index in [0.717, 1.165) is 0 Å². The zero-order valence-corrected chi connectivity index (χ0v) is 10.8. The Morgan fingerprint density at radius 3 is 1.22 bits per heavy atom. The first-order valence-electron chi connectivity index (χ1n) is 5.97. The van der Waals surface area contributed by atoms with Crippen LogP contribution in [-0.4, -0.2) is 79.5 Å². The minimum Gasteiger partial charge on any atom is -0.394 e. The van der Waals surface area contributed by atoms with Gasteiger partial charge in [-0.15, -0.1) is 0 Å². The van der Waals surface area contributed by atoms with Crippen molar-refractivity contribution in [1.29, 1.82) is 0 Å². The average molecular weight is 270 g/mol. The van der Waals surface area contributed by atoms with E-state index in [-0.39, 0.29) is 6.61 Å². The lowest BCUT2D eigenvalue weighted by molar-refractivity contribution is -0.0767. The Hall–Kier alpha value is -0.280. The highest BCUT2D eigenvalue weighted by molar-refractivity contribution is 4.72. The van der Waals surface area contributed by atoms with Crippen LogP contribution >= 0.6 is 0 Å². The number of hydrogen-bond donors (Lipinski definition) is 7. The first-order chi connectivity index (χ1) is 8.35. The predicted molar refractivity (Wildman–Crippen MR) is 64.8 cm³/mol. The Bertz CT molecular complexity index is 161. The first kappa shape index (κ1) is 20.0. The number of hydrogen-bond acceptors (Lipinski definition) is 7. The summed E-state index contributed by atoms with van der Waals surface area (Å²) in [6.45, 7) is 2.52. The van der Waals surface area contributed by atoms with Gasteiger partial charge in [0.25, 0.3) is 0 Å². The molecule has 7 nitrogen and oxygen atoms in total. The summed E-state index contributed by atoms with van der Waals surface area (Å²) in [6, 6.07) is 0. The van der Waals surface area contributed by atoms with Gasteiger partial charge in [-0.05, 0) is 12.8 Å². The summed E-state index contributed by atoms with van der Waals surface area (Å²) in [4.78, 5) is 0. The normalized spacial score (nSPS) is 19.2. The number of aliphatic hydroxyl groups is 7. The van der Waals surface area contributed by atoms with Crippen LogP contribution in [0, 0.1) is 0 Å². The SMILES string of the molecule is CCC(O)C(O)C(O)CO.CCC(O)C(O)CO. The summed E-state index contributed by atoms with van der Waals surface area (Å²) >= 11 is 0. The molecule has 0 bridgehead atoms. The van der Waals surface area contributed by atoms with E-state index < -0.39 is 37.1 Å². The van der Waals surface area contributed by atoms with Crippen molar-refractivity contribution in [3.8, 4) is 0 Å². The maximum absolute atomic E-state index is 8.93. The van der Waals surface area contributed by atoms with Gasteiger partial charge in [0.05, 0.1) is 25.4 Å². The van der Waals surface area contributed by atoms with Crippen LogP contribution < -0.4 is 0 Å². The molecule has 5 unspecified atom stereocenters. The van der Waals surface area contributed by atoms with Gasteiger partial charge >= 0.3 is 0 Å². The van der Waals surface area contributed by atoms with Crippen LogP contribution in [0.5, 0.6) is 0 Å². The number of aliphatic hydroxyl groups excluding tert-OH is 7. The minimum atomic E-state index is -1.24. The molecule has 0 rings (SSSR count). The van der Waals surface area contributed by atoms with Crippen molar-refractivity contribution >= 4 is 0 Å². The van der Waals surface area contributed by atoms with Crippen molar-refractivity contribution in [2.75, 3.05) is 13.2 Å². The molecule has 0 saturated carbocycles. The fraction of sp³-hybridized carbons (Fsp3) is 1.00. The van der Waals surface area contributed by atoms with Gasteiger partial charge in [0.15, 0.2) is 0 Å². The van der Waals surface area contributed by atoms with Gasteiger partial charge in [-0.3, -0.25) is 0 Å². The minimum absolute atomic E-state index is 0.359. The fourth-order valence-corrected chi connectivity index (χ4v) is 1.000. The van der Waals surface area contributed by atoms with Gasteiger partial charge in [-0.1, -0.05) is 13.8 Å². The third kappa shape index (κ3) is 8.76. The zero-order chi connectivity index (χ0) is 14.7. The Kier molecular flexibility index (Phi) is 13.1. The van der Waals surface area contributed by atoms with E-state index in [1.165, 1.54) is 0 Å². The van der Waals surface area contributed by atoms with Crippen molar-refractivity contribution in [1.82, 2.24) is 0 Å². The maximum Gasteiger partial charge on any atom is 0.108 e. The molecule has 0 aromatic carbocycles. The molecule has 0 fully saturated rings. The average Bonchev–Trinajstić information content (AvgIpc) is 2.43. The Morgan fingerprint density at radius 1 is 0.611 bits per heavy atom. The standard InChI is InChI=1S/C6H14O4.C5H12O3/c1-2-4(8)6(10)5(9)3-7;1-2-4(7)5(8)3-6/h4-10H,2-3H2,1H3;4-8H,2-3H2,1H3. The topological polar surface area (TPSA) is 142 Å². The van der Waals surface area contributed by atoms with E-state index in [9.17, 15) is 0 Å². The Balaban J connectivity index is 0. The summed E-state index contributed by atoms with van der Waals surface area (Å²) in [6.07, 6.45) is -4.35. The molecule has 0 aromatic heterocycles. The van der Waals surface area contributed by atoms with Crippen molar-refractivity contribution in [3.63, 3.8) is 0 Å². The molecule has 0 spiro atoms. The molecule has 7 heteroatoms. The monoisotopic (exact) mass is 270 g/mol. The first-order valence-corrected chi connectivity index (χ1v) is 5.97. The lowest BCUT2D eigenvalue weighted by Gasteiger charge is -2.19. The molecular formula is C11H26O7. The second-order valence-electron chi connectivity index (χ2n) is 3.94. The van der Waals surface area contributed by atoms with E-state index in [4.69, 9.17) is 35.7 Å². The smallest absolute Gasteiger partial charge is 0.108 e. The highest BCUT2D eigenvalue weighted by Gasteiger charge is 2.21. The van der Waals surface area contributed by atoms with Crippen LogP contribution in [0.25, 0.3) is 0 Å². The van der Waals surface area contributed by atoms with Crippen LogP contribution in [0.15, 0.2) is 0 Å². The second kappa shape index (κ2) is 11.8. The summed E-state index contributed by atoms with van der Waals surface area (Å²) in [5, 5.41) is 60.5. The largest absolute Gasteiger partial charge is 0.394 e. The lowest BCUT2D eigenvalue weighted by atomic mass is 10.1. The van der Waals surface area contributed by atoms with Gasteiger partial charge in [0.2, 0.25) is 0 Å². The summed E-state index contributed by atoms with van der Waals surface area (Å²) in [5.41, 5.74) is 0. The zero-order valence-electron chi connectivity index (χ0n) is 10.8. The lowest BCUT2D eigenvalue weighted by Crippen LogP contribution is -2.38. The van der Waals surface area contributed by atoms with E-state index in [0.29, 0.717) is 12.8 Å². The molecule has 0 amide bonds. The molecule has 0 aliphatic carbocycles. The Labute approximate surface area is 107 Å². The van der Waals surface area contributed by atoms with Gasteiger partial charge in [0.1, 0.15) is 18.3 Å². The van der Waals surface area contributed by atoms with Crippen molar-refractivity contribution in [3.05, 3.63) is 0 Å². The third-order valence-corrected chi connectivity index (χ3v) is 2.44. The predicted octanol–water partition coefficient (Wildman–Crippen LogP) is -2.42. The van der Waals surface area contributed by atoms with Crippen LogP contribution in [0.3, 0.4) is 0 Å². The summed E-state index contributed by atoms with van der Waals surface area (Å²) in [7, 11) is 0. The molecule has 0 saturated heterocycles. The van der Waals surface area contributed by atoms with Crippen molar-refractivity contribution < 1.29 is 35.7 Å². The molecule has 0 heterocycles. The van der Waals surface area contributed by atoms with E-state index >= 15 is 0 Å². The molecule has 112 valence electrons. The molecule has 18 heavy (non-hydrogen) atoms. The van der Waals surface area contributed by atoms with E-state index in [1.807, 2.05) is 0 Å². The molecule has 0 aromatic rings. The van der Waals surface area contributed by atoms with Crippen LogP contribution in [-0.2, 0) is 0 Å². The molecule has 0 aliphatic heterocycles. The molecular weight excluding hydrogens is 244 g/mol. The van der Waals surface area contributed by atoms with Gasteiger partial charge in [-0.25, -0.2) is 0 Å². The van der Waals surface area contributed by atoms with Gasteiger partial charge < -0.3 is 35.7 Å². The Morgan fingerprint density at radius 2 is 1.00 bits per heavy atom. The third-order valence-electron chi connectivity index (χ3n) is 2.44. The molecule has 7 N–H and O–H groups in total. The van der Waals surface area contributed by atoms with Gasteiger partial charge in [-0.2, -0.15) is 0 Å². The molecule has 0 radical (unpaired) electrons. The van der Waals surface area contributed by atoms with E-state index in [2.05, 4.69) is 0 Å². The van der Waals surface area contributed by atoms with Crippen LogP contribution in [0.4, 0.5) is 0 Å². The fourth-order valence-electron chi connectivity index (χ4n) is 1.000. The molecule has 0 aliphatic rings. The number of rotatable bonds is 7. The summed E-state index contributed by atoms with van der Waals surface area (Å²) < 4.78 is 0. The van der Waals surface area contributed by atoms with Crippen LogP contribution in [0.2, 0.25) is 0 Å². The maximum atomic E-state index is 8.93. The van der Waals surface area contributed by atoms with Crippen molar-refractivity contribution in [2.45, 2.75) is 57.2 Å².